The number of nitrogens with zero attached hydrogens (tertiary/aromatic N) is 3. The molecule has 1 N–H and O–H groups in total. The van der Waals surface area contributed by atoms with E-state index in [1.807, 2.05) is 0 Å². The second-order valence-corrected chi connectivity index (χ2v) is 8.37. The zero-order valence-corrected chi connectivity index (χ0v) is 18.2. The van der Waals surface area contributed by atoms with E-state index < -0.39 is 0 Å². The number of hydrogen-bond acceptors (Lipinski definition) is 5. The van der Waals surface area contributed by atoms with Gasteiger partial charge in [-0.2, -0.15) is 4.98 Å². The molecule has 162 valence electrons. The molecule has 3 aromatic rings. The summed E-state index contributed by atoms with van der Waals surface area (Å²) in [6, 6.07) is 11.3. The first-order valence-electron chi connectivity index (χ1n) is 10.0. The molecule has 31 heavy (non-hydrogen) atoms. The molecule has 1 aromatic heterocycles. The number of rotatable bonds is 6. The third-order valence-corrected chi connectivity index (χ3v) is 5.89. The van der Waals surface area contributed by atoms with E-state index >= 15 is 0 Å². The van der Waals surface area contributed by atoms with Crippen molar-refractivity contribution in [1.29, 1.82) is 0 Å². The van der Waals surface area contributed by atoms with Crippen LogP contribution < -0.4 is 5.32 Å². The summed E-state index contributed by atoms with van der Waals surface area (Å²) in [5, 5.41) is 7.97. The largest absolute Gasteiger partial charge is 0.352 e. The molecule has 1 fully saturated rings. The average Bonchev–Trinajstić information content (AvgIpc) is 3.21. The number of benzene rings is 2. The molecule has 1 aliphatic heterocycles. The topological polar surface area (TPSA) is 71.3 Å². The molecule has 0 spiro atoms. The minimum atomic E-state index is -0.285. The quantitative estimate of drug-likeness (QED) is 0.574. The molecular formula is C22H21Cl2FN4O2. The first-order valence-corrected chi connectivity index (χ1v) is 10.8. The summed E-state index contributed by atoms with van der Waals surface area (Å²) in [5.41, 5.74) is 1.54. The number of nitrogens with one attached hydrogen (secondary N) is 1. The molecule has 0 unspecified atom stereocenters. The molecule has 2 aromatic carbocycles. The van der Waals surface area contributed by atoms with Crippen molar-refractivity contribution >= 4 is 29.1 Å². The minimum Gasteiger partial charge on any atom is -0.352 e. The van der Waals surface area contributed by atoms with Gasteiger partial charge >= 0.3 is 0 Å². The number of carbonyl (C=O) groups is 1. The van der Waals surface area contributed by atoms with Gasteiger partial charge in [0.1, 0.15) is 5.82 Å². The second-order valence-electron chi connectivity index (χ2n) is 7.53. The van der Waals surface area contributed by atoms with Gasteiger partial charge in [-0.1, -0.05) is 40.5 Å². The minimum absolute atomic E-state index is 0.0291. The Balaban J connectivity index is 1.26. The third-order valence-electron chi connectivity index (χ3n) is 5.34. The summed E-state index contributed by atoms with van der Waals surface area (Å²) in [7, 11) is 0. The fourth-order valence-corrected chi connectivity index (χ4v) is 4.07. The summed E-state index contributed by atoms with van der Waals surface area (Å²) in [6.45, 7) is 2.43. The lowest BCUT2D eigenvalue weighted by Crippen LogP contribution is -2.40. The van der Waals surface area contributed by atoms with E-state index in [0.717, 1.165) is 31.5 Å². The summed E-state index contributed by atoms with van der Waals surface area (Å²) in [5.74, 6) is 0.628. The fourth-order valence-electron chi connectivity index (χ4n) is 3.58. The highest BCUT2D eigenvalue weighted by Gasteiger charge is 2.26. The van der Waals surface area contributed by atoms with Crippen LogP contribution in [0.2, 0.25) is 10.0 Å². The molecule has 9 heteroatoms. The maximum absolute atomic E-state index is 13.0. The Hall–Kier alpha value is -2.48. The van der Waals surface area contributed by atoms with E-state index in [0.29, 0.717) is 40.4 Å². The number of halogens is 3. The van der Waals surface area contributed by atoms with Crippen LogP contribution in [-0.2, 0) is 17.9 Å². The van der Waals surface area contributed by atoms with E-state index in [1.54, 1.807) is 30.3 Å². The predicted molar refractivity (Wildman–Crippen MR) is 116 cm³/mol. The Morgan fingerprint density at radius 2 is 1.90 bits per heavy atom. The van der Waals surface area contributed by atoms with Gasteiger partial charge in [0.2, 0.25) is 17.6 Å². The van der Waals surface area contributed by atoms with Crippen molar-refractivity contribution in [1.82, 2.24) is 20.4 Å². The van der Waals surface area contributed by atoms with Crippen molar-refractivity contribution in [2.24, 2.45) is 5.92 Å². The van der Waals surface area contributed by atoms with Gasteiger partial charge in [0.15, 0.2) is 0 Å². The van der Waals surface area contributed by atoms with Crippen molar-refractivity contribution in [3.8, 4) is 11.4 Å². The Morgan fingerprint density at radius 3 is 2.61 bits per heavy atom. The van der Waals surface area contributed by atoms with Crippen molar-refractivity contribution in [2.75, 3.05) is 13.1 Å². The van der Waals surface area contributed by atoms with E-state index in [2.05, 4.69) is 20.4 Å². The molecule has 0 saturated carbocycles. The van der Waals surface area contributed by atoms with Gasteiger partial charge < -0.3 is 9.84 Å². The number of hydrogen-bond donors (Lipinski definition) is 1. The van der Waals surface area contributed by atoms with Gasteiger partial charge in [-0.05, 0) is 61.8 Å². The van der Waals surface area contributed by atoms with Gasteiger partial charge in [-0.15, -0.1) is 0 Å². The highest BCUT2D eigenvalue weighted by atomic mass is 35.5. The van der Waals surface area contributed by atoms with Crippen LogP contribution in [-0.4, -0.2) is 34.0 Å². The van der Waals surface area contributed by atoms with Crippen molar-refractivity contribution in [3.63, 3.8) is 0 Å². The molecule has 2 heterocycles. The molecule has 1 amide bonds. The molecule has 0 aliphatic carbocycles. The number of aromatic nitrogens is 2. The van der Waals surface area contributed by atoms with Crippen LogP contribution in [0.15, 0.2) is 47.0 Å². The molecule has 0 radical (unpaired) electrons. The van der Waals surface area contributed by atoms with Crippen LogP contribution in [0.1, 0.15) is 24.3 Å². The van der Waals surface area contributed by atoms with E-state index in [4.69, 9.17) is 27.7 Å². The smallest absolute Gasteiger partial charge is 0.241 e. The third kappa shape index (κ3) is 5.61. The van der Waals surface area contributed by atoms with Gasteiger partial charge in [-0.25, -0.2) is 4.39 Å². The van der Waals surface area contributed by atoms with Crippen molar-refractivity contribution < 1.29 is 13.7 Å². The molecule has 0 bridgehead atoms. The second kappa shape index (κ2) is 9.77. The lowest BCUT2D eigenvalue weighted by Gasteiger charge is -2.30. The molecule has 6 nitrogen and oxygen atoms in total. The average molecular weight is 463 g/mol. The van der Waals surface area contributed by atoms with Gasteiger partial charge in [-0.3, -0.25) is 9.69 Å². The Bertz CT molecular complexity index is 1050. The first kappa shape index (κ1) is 21.7. The van der Waals surface area contributed by atoms with Crippen LogP contribution in [0.4, 0.5) is 4.39 Å². The SMILES string of the molecule is O=C(NCc1ccc(F)cc1)C1CCN(Cc2nc(-c3ccc(Cl)cc3Cl)no2)CC1. The van der Waals surface area contributed by atoms with Gasteiger partial charge in [0, 0.05) is 23.0 Å². The molecular weight excluding hydrogens is 442 g/mol. The standard InChI is InChI=1S/C22H21Cl2FN4O2/c23-16-3-6-18(19(24)11-16)21-27-20(31-28-21)13-29-9-7-15(8-10-29)22(30)26-12-14-1-4-17(25)5-2-14/h1-6,11,15H,7-10,12-13H2,(H,26,30). The first-order chi connectivity index (χ1) is 15.0. The number of carbonyl (C=O) groups excluding carboxylic acids is 1. The number of piperidine rings is 1. The number of likely N-dealkylation sites (tertiary alicyclic amines) is 1. The van der Waals surface area contributed by atoms with Crippen molar-refractivity contribution in [2.45, 2.75) is 25.9 Å². The highest BCUT2D eigenvalue weighted by molar-refractivity contribution is 6.36. The Labute approximate surface area is 189 Å². The molecule has 1 aliphatic rings. The molecule has 1 saturated heterocycles. The Morgan fingerprint density at radius 1 is 1.16 bits per heavy atom. The molecule has 4 rings (SSSR count). The van der Waals surface area contributed by atoms with Crippen LogP contribution in [0.5, 0.6) is 0 Å². The van der Waals surface area contributed by atoms with Gasteiger partial charge in [0.25, 0.3) is 0 Å². The zero-order valence-electron chi connectivity index (χ0n) is 16.7. The van der Waals surface area contributed by atoms with Crippen molar-refractivity contribution in [3.05, 3.63) is 69.8 Å². The van der Waals surface area contributed by atoms with Crippen LogP contribution >= 0.6 is 23.2 Å². The summed E-state index contributed by atoms with van der Waals surface area (Å²) in [6.07, 6.45) is 1.50. The van der Waals surface area contributed by atoms with E-state index in [9.17, 15) is 9.18 Å². The fraction of sp³-hybridized carbons (Fsp3) is 0.318. The number of amides is 1. The predicted octanol–water partition coefficient (Wildman–Crippen LogP) is 4.71. The summed E-state index contributed by atoms with van der Waals surface area (Å²) >= 11 is 12.1. The monoisotopic (exact) mass is 462 g/mol. The molecule has 0 atom stereocenters. The van der Waals surface area contributed by atoms with E-state index in [1.165, 1.54) is 12.1 Å². The Kier molecular flexibility index (Phi) is 6.85. The summed E-state index contributed by atoms with van der Waals surface area (Å²) in [4.78, 5) is 19.1. The normalized spacial score (nSPS) is 15.2. The summed E-state index contributed by atoms with van der Waals surface area (Å²) < 4.78 is 18.3. The maximum atomic E-state index is 13.0. The highest BCUT2D eigenvalue weighted by Crippen LogP contribution is 2.28. The maximum Gasteiger partial charge on any atom is 0.241 e. The van der Waals surface area contributed by atoms with Gasteiger partial charge in [0.05, 0.1) is 11.6 Å². The van der Waals surface area contributed by atoms with Crippen LogP contribution in [0.3, 0.4) is 0 Å². The lowest BCUT2D eigenvalue weighted by atomic mass is 9.96. The zero-order chi connectivity index (χ0) is 21.8. The lowest BCUT2D eigenvalue weighted by molar-refractivity contribution is -0.126. The van der Waals surface area contributed by atoms with Crippen LogP contribution in [0, 0.1) is 11.7 Å². The van der Waals surface area contributed by atoms with Crippen LogP contribution in [0.25, 0.3) is 11.4 Å². The van der Waals surface area contributed by atoms with E-state index in [-0.39, 0.29) is 17.6 Å².